The lowest BCUT2D eigenvalue weighted by Crippen LogP contribution is -2.40. The quantitative estimate of drug-likeness (QED) is 0.653. The van der Waals surface area contributed by atoms with Gasteiger partial charge in [0.15, 0.2) is 0 Å². The molecular weight excluding hydrogens is 251 g/mol. The highest BCUT2D eigenvalue weighted by Crippen LogP contribution is 2.41. The van der Waals surface area contributed by atoms with Gasteiger partial charge in [0.2, 0.25) is 0 Å². The van der Waals surface area contributed by atoms with Crippen molar-refractivity contribution >= 4 is 0 Å². The van der Waals surface area contributed by atoms with Gasteiger partial charge in [-0.2, -0.15) is 13.2 Å². The average molecular weight is 279 g/mol. The lowest BCUT2D eigenvalue weighted by atomic mass is 9.76. The maximum Gasteiger partial charge on any atom is 0.391 e. The number of unbranched alkanes of at least 4 members (excludes halogenated alkanes) is 2. The van der Waals surface area contributed by atoms with Crippen LogP contribution in [0.5, 0.6) is 0 Å². The van der Waals surface area contributed by atoms with Crippen LogP contribution in [0.3, 0.4) is 0 Å². The summed E-state index contributed by atoms with van der Waals surface area (Å²) in [7, 11) is 0. The third-order valence-corrected chi connectivity index (χ3v) is 4.33. The number of halogens is 3. The summed E-state index contributed by atoms with van der Waals surface area (Å²) in [6, 6.07) is 0.279. The van der Waals surface area contributed by atoms with E-state index in [1.165, 1.54) is 6.42 Å². The molecule has 3 unspecified atom stereocenters. The Morgan fingerprint density at radius 2 is 1.89 bits per heavy atom. The second kappa shape index (κ2) is 8.13. The molecule has 1 saturated carbocycles. The molecule has 3 atom stereocenters. The minimum absolute atomic E-state index is 0.206. The number of rotatable bonds is 7. The lowest BCUT2D eigenvalue weighted by molar-refractivity contribution is -0.186. The monoisotopic (exact) mass is 279 g/mol. The van der Waals surface area contributed by atoms with Crippen LogP contribution in [-0.4, -0.2) is 18.8 Å². The summed E-state index contributed by atoms with van der Waals surface area (Å²) in [6.07, 6.45) is 2.82. The van der Waals surface area contributed by atoms with Crippen LogP contribution in [0.15, 0.2) is 0 Å². The van der Waals surface area contributed by atoms with E-state index in [4.69, 9.17) is 0 Å². The van der Waals surface area contributed by atoms with Crippen LogP contribution in [0.2, 0.25) is 0 Å². The molecule has 1 nitrogen and oxygen atoms in total. The summed E-state index contributed by atoms with van der Waals surface area (Å²) < 4.78 is 38.6. The maximum absolute atomic E-state index is 12.9. The summed E-state index contributed by atoms with van der Waals surface area (Å²) >= 11 is 0. The van der Waals surface area contributed by atoms with Gasteiger partial charge in [0.05, 0.1) is 5.92 Å². The van der Waals surface area contributed by atoms with Gasteiger partial charge in [-0.1, -0.05) is 39.5 Å². The van der Waals surface area contributed by atoms with E-state index >= 15 is 0 Å². The second-order valence-corrected chi connectivity index (χ2v) is 5.83. The highest BCUT2D eigenvalue weighted by atomic mass is 19.4. The number of alkyl halides is 3. The molecule has 0 aromatic heterocycles. The van der Waals surface area contributed by atoms with Crippen LogP contribution in [-0.2, 0) is 0 Å². The first-order valence-electron chi connectivity index (χ1n) is 7.79. The molecule has 0 heterocycles. The minimum Gasteiger partial charge on any atom is -0.314 e. The molecule has 1 aliphatic carbocycles. The standard InChI is InChI=1S/C15H28F3N/c1-3-5-6-10-14(19-4-2)12-8-7-9-13(11-12)15(16,17)18/h12-14,19H,3-11H2,1-2H3. The average Bonchev–Trinajstić information content (AvgIpc) is 2.37. The van der Waals surface area contributed by atoms with Crippen molar-refractivity contribution in [1.29, 1.82) is 0 Å². The Kier molecular flexibility index (Phi) is 7.19. The van der Waals surface area contributed by atoms with E-state index in [0.717, 1.165) is 38.6 Å². The van der Waals surface area contributed by atoms with E-state index in [-0.39, 0.29) is 12.0 Å². The first kappa shape index (κ1) is 16.8. The summed E-state index contributed by atoms with van der Waals surface area (Å²) in [5, 5.41) is 3.42. The van der Waals surface area contributed by atoms with Crippen LogP contribution in [0.4, 0.5) is 13.2 Å². The predicted molar refractivity (Wildman–Crippen MR) is 73.1 cm³/mol. The van der Waals surface area contributed by atoms with E-state index < -0.39 is 12.1 Å². The van der Waals surface area contributed by atoms with Gasteiger partial charge in [-0.05, 0) is 38.1 Å². The van der Waals surface area contributed by atoms with Crippen LogP contribution in [0, 0.1) is 11.8 Å². The van der Waals surface area contributed by atoms with E-state index in [9.17, 15) is 13.2 Å². The normalized spacial score (nSPS) is 26.4. The molecule has 19 heavy (non-hydrogen) atoms. The van der Waals surface area contributed by atoms with Crippen LogP contribution < -0.4 is 5.32 Å². The summed E-state index contributed by atoms with van der Waals surface area (Å²) in [5.74, 6) is -0.865. The molecule has 0 radical (unpaired) electrons. The van der Waals surface area contributed by atoms with Crippen molar-refractivity contribution in [3.05, 3.63) is 0 Å². The van der Waals surface area contributed by atoms with Crippen molar-refractivity contribution in [3.8, 4) is 0 Å². The Bertz CT molecular complexity index is 240. The zero-order chi connectivity index (χ0) is 14.3. The third kappa shape index (κ3) is 5.72. The Morgan fingerprint density at radius 1 is 1.16 bits per heavy atom. The highest BCUT2D eigenvalue weighted by Gasteiger charge is 2.43. The first-order chi connectivity index (χ1) is 8.99. The molecule has 0 spiro atoms. The minimum atomic E-state index is -4.00. The summed E-state index contributed by atoms with van der Waals surface area (Å²) in [5.41, 5.74) is 0. The van der Waals surface area contributed by atoms with Crippen molar-refractivity contribution < 1.29 is 13.2 Å². The SMILES string of the molecule is CCCCCC(NCC)C1CCCC(C(F)(F)F)C1. The fourth-order valence-electron chi connectivity index (χ4n) is 3.27. The number of hydrogen-bond donors (Lipinski definition) is 1. The van der Waals surface area contributed by atoms with E-state index in [2.05, 4.69) is 12.2 Å². The maximum atomic E-state index is 12.9. The number of nitrogens with one attached hydrogen (secondary N) is 1. The molecule has 0 amide bonds. The van der Waals surface area contributed by atoms with E-state index in [1.807, 2.05) is 6.92 Å². The topological polar surface area (TPSA) is 12.0 Å². The van der Waals surface area contributed by atoms with Gasteiger partial charge in [0.25, 0.3) is 0 Å². The van der Waals surface area contributed by atoms with Gasteiger partial charge in [0.1, 0.15) is 0 Å². The summed E-state index contributed by atoms with van der Waals surface area (Å²) in [6.45, 7) is 5.05. The molecule has 1 fully saturated rings. The first-order valence-corrected chi connectivity index (χ1v) is 7.79. The molecule has 0 bridgehead atoms. The van der Waals surface area contributed by atoms with Crippen LogP contribution in [0.1, 0.15) is 65.2 Å². The number of hydrogen-bond acceptors (Lipinski definition) is 1. The molecule has 0 aliphatic heterocycles. The van der Waals surface area contributed by atoms with Crippen molar-refractivity contribution in [2.75, 3.05) is 6.54 Å². The zero-order valence-electron chi connectivity index (χ0n) is 12.2. The smallest absolute Gasteiger partial charge is 0.314 e. The molecule has 0 saturated heterocycles. The molecule has 0 aromatic rings. The molecular formula is C15H28F3N. The fourth-order valence-corrected chi connectivity index (χ4v) is 3.27. The predicted octanol–water partition coefficient (Wildman–Crippen LogP) is 4.91. The van der Waals surface area contributed by atoms with E-state index in [0.29, 0.717) is 12.8 Å². The molecule has 1 aliphatic rings. The highest BCUT2D eigenvalue weighted by molar-refractivity contribution is 4.85. The largest absolute Gasteiger partial charge is 0.391 e. The Morgan fingerprint density at radius 3 is 2.47 bits per heavy atom. The molecule has 114 valence electrons. The zero-order valence-corrected chi connectivity index (χ0v) is 12.2. The second-order valence-electron chi connectivity index (χ2n) is 5.83. The third-order valence-electron chi connectivity index (χ3n) is 4.33. The Hall–Kier alpha value is -0.250. The molecule has 0 aromatic carbocycles. The lowest BCUT2D eigenvalue weighted by Gasteiger charge is -2.36. The van der Waals surface area contributed by atoms with Gasteiger partial charge in [-0.25, -0.2) is 0 Å². The van der Waals surface area contributed by atoms with Crippen molar-refractivity contribution in [1.82, 2.24) is 5.32 Å². The van der Waals surface area contributed by atoms with Crippen molar-refractivity contribution in [3.63, 3.8) is 0 Å². The molecule has 1 rings (SSSR count). The molecule has 1 N–H and O–H groups in total. The van der Waals surface area contributed by atoms with Gasteiger partial charge in [-0.15, -0.1) is 0 Å². The van der Waals surface area contributed by atoms with E-state index in [1.54, 1.807) is 0 Å². The molecule has 4 heteroatoms. The Labute approximate surface area is 115 Å². The van der Waals surface area contributed by atoms with Crippen LogP contribution >= 0.6 is 0 Å². The van der Waals surface area contributed by atoms with Gasteiger partial charge >= 0.3 is 6.18 Å². The van der Waals surface area contributed by atoms with Gasteiger partial charge in [-0.3, -0.25) is 0 Å². The van der Waals surface area contributed by atoms with Crippen molar-refractivity contribution in [2.24, 2.45) is 11.8 Å². The summed E-state index contributed by atoms with van der Waals surface area (Å²) in [4.78, 5) is 0. The van der Waals surface area contributed by atoms with Gasteiger partial charge < -0.3 is 5.32 Å². The Balaban J connectivity index is 2.52. The van der Waals surface area contributed by atoms with Gasteiger partial charge in [0, 0.05) is 6.04 Å². The van der Waals surface area contributed by atoms with Crippen LogP contribution in [0.25, 0.3) is 0 Å². The van der Waals surface area contributed by atoms with Crippen molar-refractivity contribution in [2.45, 2.75) is 77.4 Å². The fraction of sp³-hybridized carbons (Fsp3) is 1.00.